The van der Waals surface area contributed by atoms with Crippen molar-refractivity contribution in [3.63, 3.8) is 0 Å². The predicted octanol–water partition coefficient (Wildman–Crippen LogP) is 1.24. The highest BCUT2D eigenvalue weighted by Gasteiger charge is 2.14. The van der Waals surface area contributed by atoms with Gasteiger partial charge in [-0.25, -0.2) is 0 Å². The summed E-state index contributed by atoms with van der Waals surface area (Å²) in [7, 11) is 3.11. The van der Waals surface area contributed by atoms with Gasteiger partial charge in [0.05, 0.1) is 19.3 Å². The molecule has 0 bridgehead atoms. The molecule has 88 valence electrons. The van der Waals surface area contributed by atoms with E-state index >= 15 is 0 Å². The third kappa shape index (κ3) is 3.32. The third-order valence-electron chi connectivity index (χ3n) is 2.24. The van der Waals surface area contributed by atoms with Crippen LogP contribution in [0.15, 0.2) is 24.3 Å². The highest BCUT2D eigenvalue weighted by molar-refractivity contribution is 5.98. The quantitative estimate of drug-likeness (QED) is 0.737. The molecule has 0 aliphatic carbocycles. The van der Waals surface area contributed by atoms with Crippen molar-refractivity contribution in [3.05, 3.63) is 29.8 Å². The van der Waals surface area contributed by atoms with Gasteiger partial charge in [0.1, 0.15) is 5.75 Å². The molecule has 1 aromatic carbocycles. The van der Waals surface area contributed by atoms with E-state index in [0.717, 1.165) is 0 Å². The van der Waals surface area contributed by atoms with Crippen molar-refractivity contribution in [3.8, 4) is 5.75 Å². The second-order valence-electron chi connectivity index (χ2n) is 3.54. The Balaban J connectivity index is 2.72. The Morgan fingerprint density at radius 2 is 2.06 bits per heavy atom. The average Bonchev–Trinajstić information content (AvgIpc) is 2.29. The minimum Gasteiger partial charge on any atom is -0.496 e. The van der Waals surface area contributed by atoms with E-state index in [1.54, 1.807) is 32.4 Å². The first kappa shape index (κ1) is 12.7. The van der Waals surface area contributed by atoms with E-state index in [4.69, 9.17) is 15.2 Å². The Bertz CT molecular complexity index is 352. The summed E-state index contributed by atoms with van der Waals surface area (Å²) in [6.45, 7) is 0.376. The molecule has 0 heterocycles. The monoisotopic (exact) mass is 223 g/mol. The SMILES string of the molecule is COCC(N)CC(=O)c1ccccc1OC. The summed E-state index contributed by atoms with van der Waals surface area (Å²) < 4.78 is 10.0. The summed E-state index contributed by atoms with van der Waals surface area (Å²) in [6, 6.07) is 6.85. The minimum atomic E-state index is -0.276. The number of para-hydroxylation sites is 1. The number of Topliss-reactive ketones (excluding diaryl/α,β-unsaturated/α-hetero) is 1. The standard InChI is InChI=1S/C12H17NO3/c1-15-8-9(13)7-11(14)10-5-3-4-6-12(10)16-2/h3-6,9H,7-8,13H2,1-2H3. The van der Waals surface area contributed by atoms with E-state index in [1.807, 2.05) is 6.07 Å². The van der Waals surface area contributed by atoms with E-state index in [2.05, 4.69) is 0 Å². The molecule has 0 aromatic heterocycles. The average molecular weight is 223 g/mol. The molecular formula is C12H17NO3. The van der Waals surface area contributed by atoms with Crippen LogP contribution in [0, 0.1) is 0 Å². The maximum atomic E-state index is 11.9. The van der Waals surface area contributed by atoms with Gasteiger partial charge in [0.15, 0.2) is 5.78 Å². The number of nitrogens with two attached hydrogens (primary N) is 1. The Morgan fingerprint density at radius 1 is 1.38 bits per heavy atom. The minimum absolute atomic E-state index is 0.0259. The molecule has 0 radical (unpaired) electrons. The van der Waals surface area contributed by atoms with Crippen molar-refractivity contribution >= 4 is 5.78 Å². The van der Waals surface area contributed by atoms with E-state index in [1.165, 1.54) is 0 Å². The lowest BCUT2D eigenvalue weighted by molar-refractivity contribution is 0.0946. The number of carbonyl (C=O) groups is 1. The van der Waals surface area contributed by atoms with Crippen molar-refractivity contribution in [2.75, 3.05) is 20.8 Å². The molecule has 1 aromatic rings. The van der Waals surface area contributed by atoms with Gasteiger partial charge in [-0.15, -0.1) is 0 Å². The molecule has 16 heavy (non-hydrogen) atoms. The Kier molecular flexibility index (Phi) is 4.95. The first-order valence-electron chi connectivity index (χ1n) is 5.09. The molecule has 0 aliphatic heterocycles. The molecule has 0 saturated heterocycles. The fourth-order valence-electron chi connectivity index (χ4n) is 1.50. The first-order valence-corrected chi connectivity index (χ1v) is 5.09. The largest absolute Gasteiger partial charge is 0.496 e. The Labute approximate surface area is 95.3 Å². The molecule has 1 unspecified atom stereocenters. The lowest BCUT2D eigenvalue weighted by atomic mass is 10.0. The van der Waals surface area contributed by atoms with Crippen LogP contribution >= 0.6 is 0 Å². The lowest BCUT2D eigenvalue weighted by Crippen LogP contribution is -2.28. The van der Waals surface area contributed by atoms with Crippen LogP contribution in [-0.2, 0) is 4.74 Å². The van der Waals surface area contributed by atoms with E-state index in [0.29, 0.717) is 17.9 Å². The number of ether oxygens (including phenoxy) is 2. The van der Waals surface area contributed by atoms with Crippen molar-refractivity contribution in [1.29, 1.82) is 0 Å². The molecule has 0 aliphatic rings. The Morgan fingerprint density at radius 3 is 2.69 bits per heavy atom. The van der Waals surface area contributed by atoms with Gasteiger partial charge in [-0.3, -0.25) is 4.79 Å². The number of hydrogen-bond acceptors (Lipinski definition) is 4. The van der Waals surface area contributed by atoms with Gasteiger partial charge >= 0.3 is 0 Å². The third-order valence-corrected chi connectivity index (χ3v) is 2.24. The summed E-state index contributed by atoms with van der Waals surface area (Å²) in [6.07, 6.45) is 0.258. The zero-order valence-electron chi connectivity index (χ0n) is 9.60. The van der Waals surface area contributed by atoms with Crippen LogP contribution in [0.4, 0.5) is 0 Å². The van der Waals surface area contributed by atoms with E-state index < -0.39 is 0 Å². The summed E-state index contributed by atoms with van der Waals surface area (Å²) in [4.78, 5) is 11.9. The highest BCUT2D eigenvalue weighted by atomic mass is 16.5. The predicted molar refractivity (Wildman–Crippen MR) is 61.8 cm³/mol. The van der Waals surface area contributed by atoms with Crippen LogP contribution in [-0.4, -0.2) is 32.7 Å². The molecule has 0 amide bonds. The van der Waals surface area contributed by atoms with E-state index in [-0.39, 0.29) is 18.2 Å². The number of hydrogen-bond donors (Lipinski definition) is 1. The first-order chi connectivity index (χ1) is 7.69. The summed E-state index contributed by atoms with van der Waals surface area (Å²) in [5.74, 6) is 0.555. The van der Waals surface area contributed by atoms with Gasteiger partial charge in [-0.05, 0) is 12.1 Å². The maximum Gasteiger partial charge on any atom is 0.168 e. The summed E-state index contributed by atoms with van der Waals surface area (Å²) in [5.41, 5.74) is 6.29. The molecule has 1 rings (SSSR count). The maximum absolute atomic E-state index is 11.9. The number of benzene rings is 1. The molecule has 2 N–H and O–H groups in total. The zero-order chi connectivity index (χ0) is 12.0. The second-order valence-corrected chi connectivity index (χ2v) is 3.54. The molecule has 0 fully saturated rings. The molecule has 4 heteroatoms. The lowest BCUT2D eigenvalue weighted by Gasteiger charge is -2.11. The van der Waals surface area contributed by atoms with Crippen LogP contribution in [0.1, 0.15) is 16.8 Å². The van der Waals surface area contributed by atoms with Crippen molar-refractivity contribution < 1.29 is 14.3 Å². The van der Waals surface area contributed by atoms with Gasteiger partial charge < -0.3 is 15.2 Å². The number of ketones is 1. The number of rotatable bonds is 6. The van der Waals surface area contributed by atoms with Crippen LogP contribution in [0.5, 0.6) is 5.75 Å². The van der Waals surface area contributed by atoms with Gasteiger partial charge in [0.25, 0.3) is 0 Å². The van der Waals surface area contributed by atoms with Crippen LogP contribution in [0.25, 0.3) is 0 Å². The van der Waals surface area contributed by atoms with Crippen molar-refractivity contribution in [2.45, 2.75) is 12.5 Å². The Hall–Kier alpha value is -1.39. The van der Waals surface area contributed by atoms with Gasteiger partial charge in [0, 0.05) is 19.6 Å². The topological polar surface area (TPSA) is 61.5 Å². The van der Waals surface area contributed by atoms with Crippen LogP contribution < -0.4 is 10.5 Å². The smallest absolute Gasteiger partial charge is 0.168 e. The molecule has 1 atom stereocenters. The summed E-state index contributed by atoms with van der Waals surface area (Å²) in [5, 5.41) is 0. The van der Waals surface area contributed by atoms with Crippen LogP contribution in [0.2, 0.25) is 0 Å². The second kappa shape index (κ2) is 6.25. The number of methoxy groups -OCH3 is 2. The molecule has 0 spiro atoms. The zero-order valence-corrected chi connectivity index (χ0v) is 9.60. The van der Waals surface area contributed by atoms with Crippen molar-refractivity contribution in [1.82, 2.24) is 0 Å². The van der Waals surface area contributed by atoms with Gasteiger partial charge in [0.2, 0.25) is 0 Å². The molecule has 4 nitrogen and oxygen atoms in total. The van der Waals surface area contributed by atoms with Gasteiger partial charge in [-0.1, -0.05) is 12.1 Å². The van der Waals surface area contributed by atoms with Crippen molar-refractivity contribution in [2.24, 2.45) is 5.73 Å². The summed E-state index contributed by atoms with van der Waals surface area (Å²) >= 11 is 0. The fraction of sp³-hybridized carbons (Fsp3) is 0.417. The molecular weight excluding hydrogens is 206 g/mol. The highest BCUT2D eigenvalue weighted by Crippen LogP contribution is 2.19. The normalized spacial score (nSPS) is 12.2. The van der Waals surface area contributed by atoms with Gasteiger partial charge in [-0.2, -0.15) is 0 Å². The van der Waals surface area contributed by atoms with Crippen LogP contribution in [0.3, 0.4) is 0 Å². The van der Waals surface area contributed by atoms with E-state index in [9.17, 15) is 4.79 Å². The number of carbonyl (C=O) groups excluding carboxylic acids is 1. The fourth-order valence-corrected chi connectivity index (χ4v) is 1.50. The molecule has 0 saturated carbocycles.